The van der Waals surface area contributed by atoms with Crippen LogP contribution in [0.3, 0.4) is 0 Å². The summed E-state index contributed by atoms with van der Waals surface area (Å²) < 4.78 is 44.4. The fourth-order valence-electron chi connectivity index (χ4n) is 3.24. The van der Waals surface area contributed by atoms with Crippen molar-refractivity contribution in [2.24, 2.45) is 0 Å². The molecule has 3 heterocycles. The van der Waals surface area contributed by atoms with E-state index in [0.29, 0.717) is 24.6 Å². The highest BCUT2D eigenvalue weighted by Gasteiger charge is 2.34. The second-order valence-corrected chi connectivity index (χ2v) is 8.45. The number of benzene rings is 1. The molecular formula is C17H21N3O5S. The largest absolute Gasteiger partial charge is 0.490 e. The van der Waals surface area contributed by atoms with Gasteiger partial charge >= 0.3 is 0 Å². The Bertz CT molecular complexity index is 911. The van der Waals surface area contributed by atoms with Crippen LogP contribution in [-0.2, 0) is 27.6 Å². The summed E-state index contributed by atoms with van der Waals surface area (Å²) in [5.74, 6) is 1.59. The molecule has 2 atom stereocenters. The Kier molecular flexibility index (Phi) is 4.45. The number of aromatic nitrogens is 2. The van der Waals surface area contributed by atoms with Crippen molar-refractivity contribution < 1.29 is 22.3 Å². The number of ether oxygens (including phenoxy) is 2. The highest BCUT2D eigenvalue weighted by atomic mass is 32.2. The van der Waals surface area contributed by atoms with Gasteiger partial charge in [-0.3, -0.25) is 0 Å². The van der Waals surface area contributed by atoms with Gasteiger partial charge in [-0.25, -0.2) is 8.42 Å². The Morgan fingerprint density at radius 3 is 2.92 bits per heavy atom. The predicted octanol–water partition coefficient (Wildman–Crippen LogP) is 1.72. The van der Waals surface area contributed by atoms with E-state index < -0.39 is 16.1 Å². The minimum absolute atomic E-state index is 0.0704. The summed E-state index contributed by atoms with van der Waals surface area (Å²) in [5.41, 5.74) is 0.924. The molecule has 8 nitrogen and oxygen atoms in total. The third-order valence-corrected chi connectivity index (χ3v) is 6.46. The van der Waals surface area contributed by atoms with Gasteiger partial charge in [0, 0.05) is 25.9 Å². The number of aryl methyl sites for hydroxylation is 1. The second-order valence-electron chi connectivity index (χ2n) is 6.51. The van der Waals surface area contributed by atoms with Crippen molar-refractivity contribution in [2.75, 3.05) is 19.7 Å². The molecule has 0 aliphatic carbocycles. The van der Waals surface area contributed by atoms with Crippen molar-refractivity contribution in [3.05, 3.63) is 35.5 Å². The maximum absolute atomic E-state index is 13.1. The zero-order chi connectivity index (χ0) is 18.3. The number of fused-ring (bicyclic) bond motifs is 1. The summed E-state index contributed by atoms with van der Waals surface area (Å²) >= 11 is 0. The molecule has 2 unspecified atom stereocenters. The van der Waals surface area contributed by atoms with E-state index in [1.165, 1.54) is 4.31 Å². The molecule has 4 rings (SSSR count). The van der Waals surface area contributed by atoms with Crippen LogP contribution in [0.1, 0.15) is 37.3 Å². The van der Waals surface area contributed by atoms with Crippen LogP contribution in [0.25, 0.3) is 0 Å². The summed E-state index contributed by atoms with van der Waals surface area (Å²) in [6, 6.07) is 5.04. The van der Waals surface area contributed by atoms with Crippen molar-refractivity contribution in [1.82, 2.24) is 14.5 Å². The first-order valence-electron chi connectivity index (χ1n) is 8.71. The summed E-state index contributed by atoms with van der Waals surface area (Å²) in [4.78, 5) is 0.273. The molecule has 2 aliphatic rings. The van der Waals surface area contributed by atoms with Crippen LogP contribution in [-0.4, -0.2) is 48.7 Å². The predicted molar refractivity (Wildman–Crippen MR) is 91.4 cm³/mol. The van der Waals surface area contributed by atoms with Crippen LogP contribution in [0.15, 0.2) is 27.5 Å². The van der Waals surface area contributed by atoms with Gasteiger partial charge in [0.05, 0.1) is 11.5 Å². The third-order valence-electron chi connectivity index (χ3n) is 4.59. The Morgan fingerprint density at radius 1 is 1.31 bits per heavy atom. The van der Waals surface area contributed by atoms with Gasteiger partial charge in [-0.2, -0.15) is 4.31 Å². The molecule has 140 valence electrons. The fourth-order valence-corrected chi connectivity index (χ4v) is 4.72. The van der Waals surface area contributed by atoms with E-state index in [9.17, 15) is 8.42 Å². The van der Waals surface area contributed by atoms with E-state index in [2.05, 4.69) is 10.2 Å². The lowest BCUT2D eigenvalue weighted by Crippen LogP contribution is -2.42. The fraction of sp³-hybridized carbons (Fsp3) is 0.529. The van der Waals surface area contributed by atoms with Crippen LogP contribution in [0, 0.1) is 0 Å². The number of morpholine rings is 1. The van der Waals surface area contributed by atoms with Gasteiger partial charge in [-0.05, 0) is 30.7 Å². The average molecular weight is 379 g/mol. The molecular weight excluding hydrogens is 358 g/mol. The van der Waals surface area contributed by atoms with Gasteiger partial charge < -0.3 is 13.9 Å². The van der Waals surface area contributed by atoms with E-state index in [0.717, 1.165) is 11.3 Å². The van der Waals surface area contributed by atoms with Gasteiger partial charge in [-0.1, -0.05) is 6.92 Å². The van der Waals surface area contributed by atoms with Crippen molar-refractivity contribution in [1.29, 1.82) is 0 Å². The first-order valence-corrected chi connectivity index (χ1v) is 10.1. The van der Waals surface area contributed by atoms with E-state index in [1.807, 2.05) is 13.8 Å². The number of hydrogen-bond acceptors (Lipinski definition) is 7. The molecule has 1 aromatic heterocycles. The molecule has 1 saturated heterocycles. The lowest BCUT2D eigenvalue weighted by molar-refractivity contribution is -0.0177. The van der Waals surface area contributed by atoms with Gasteiger partial charge in [0.2, 0.25) is 21.8 Å². The maximum atomic E-state index is 13.1. The van der Waals surface area contributed by atoms with E-state index in [-0.39, 0.29) is 30.7 Å². The second kappa shape index (κ2) is 6.64. The molecule has 0 amide bonds. The third kappa shape index (κ3) is 3.10. The minimum Gasteiger partial charge on any atom is -0.490 e. The van der Waals surface area contributed by atoms with Crippen LogP contribution in [0.5, 0.6) is 5.75 Å². The summed E-state index contributed by atoms with van der Waals surface area (Å²) in [6.07, 6.45) is 0.855. The summed E-state index contributed by atoms with van der Waals surface area (Å²) in [7, 11) is -3.63. The highest BCUT2D eigenvalue weighted by Crippen LogP contribution is 2.32. The van der Waals surface area contributed by atoms with Crippen LogP contribution in [0.2, 0.25) is 0 Å². The summed E-state index contributed by atoms with van der Waals surface area (Å²) in [5, 5.41) is 7.90. The first kappa shape index (κ1) is 17.4. The number of sulfonamides is 1. The Labute approximate surface area is 152 Å². The molecule has 1 aromatic carbocycles. The zero-order valence-corrected chi connectivity index (χ0v) is 15.5. The number of hydrogen-bond donors (Lipinski definition) is 0. The Balaban J connectivity index is 1.57. The number of nitrogens with zero attached hydrogens (tertiary/aromatic N) is 3. The lowest BCUT2D eigenvalue weighted by Gasteiger charge is -2.30. The van der Waals surface area contributed by atoms with Crippen molar-refractivity contribution in [2.45, 2.75) is 43.8 Å². The van der Waals surface area contributed by atoms with E-state index >= 15 is 0 Å². The van der Waals surface area contributed by atoms with Gasteiger partial charge in [0.15, 0.2) is 0 Å². The quantitative estimate of drug-likeness (QED) is 0.798. The van der Waals surface area contributed by atoms with Gasteiger partial charge in [0.1, 0.15) is 18.0 Å². The minimum atomic E-state index is -3.63. The Hall–Kier alpha value is -1.97. The molecule has 0 bridgehead atoms. The average Bonchev–Trinajstić information content (AvgIpc) is 3.26. The van der Waals surface area contributed by atoms with E-state index in [1.54, 1.807) is 18.2 Å². The molecule has 9 heteroatoms. The monoisotopic (exact) mass is 379 g/mol. The molecule has 0 radical (unpaired) electrons. The highest BCUT2D eigenvalue weighted by molar-refractivity contribution is 7.89. The molecule has 0 N–H and O–H groups in total. The molecule has 0 saturated carbocycles. The van der Waals surface area contributed by atoms with Crippen molar-refractivity contribution >= 4 is 10.0 Å². The SMILES string of the molecule is CCc1nnc(C2CN(S(=O)(=O)c3ccc4c(c3)CC(C)O4)CCO2)o1. The van der Waals surface area contributed by atoms with Gasteiger partial charge in [-0.15, -0.1) is 10.2 Å². The maximum Gasteiger partial charge on any atom is 0.246 e. The van der Waals surface area contributed by atoms with E-state index in [4.69, 9.17) is 13.9 Å². The molecule has 1 fully saturated rings. The van der Waals surface area contributed by atoms with Gasteiger partial charge in [0.25, 0.3) is 0 Å². The molecule has 26 heavy (non-hydrogen) atoms. The van der Waals surface area contributed by atoms with Crippen LogP contribution < -0.4 is 4.74 Å². The summed E-state index contributed by atoms with van der Waals surface area (Å²) in [6.45, 7) is 4.60. The molecule has 2 aromatic rings. The molecule has 0 spiro atoms. The topological polar surface area (TPSA) is 94.8 Å². The van der Waals surface area contributed by atoms with Crippen LogP contribution >= 0.6 is 0 Å². The normalized spacial score (nSPS) is 23.6. The van der Waals surface area contributed by atoms with Crippen molar-refractivity contribution in [3.63, 3.8) is 0 Å². The lowest BCUT2D eigenvalue weighted by atomic mass is 10.1. The van der Waals surface area contributed by atoms with Crippen LogP contribution in [0.4, 0.5) is 0 Å². The zero-order valence-electron chi connectivity index (χ0n) is 14.7. The van der Waals surface area contributed by atoms with Crippen molar-refractivity contribution in [3.8, 4) is 5.75 Å². The molecule has 2 aliphatic heterocycles. The first-order chi connectivity index (χ1) is 12.5. The Morgan fingerprint density at radius 2 is 2.15 bits per heavy atom. The number of rotatable bonds is 4. The smallest absolute Gasteiger partial charge is 0.246 e. The standard InChI is InChI=1S/C17H21N3O5S/c1-3-16-18-19-17(25-16)15-10-20(6-7-23-15)26(21,22)13-4-5-14-12(9-13)8-11(2)24-14/h4-5,9,11,15H,3,6-8,10H2,1-2H3.